The molecule has 1 saturated carbocycles. The summed E-state index contributed by atoms with van der Waals surface area (Å²) in [4.78, 5) is 15.8. The Kier molecular flexibility index (Phi) is 4.09. The van der Waals surface area contributed by atoms with Crippen LogP contribution in [0.25, 0.3) is 0 Å². The second kappa shape index (κ2) is 6.34. The van der Waals surface area contributed by atoms with Crippen molar-refractivity contribution in [1.82, 2.24) is 10.3 Å². The molecular formula is C16H18N4O2. The van der Waals surface area contributed by atoms with Crippen LogP contribution in [0.1, 0.15) is 12.8 Å². The lowest BCUT2D eigenvalue weighted by Crippen LogP contribution is -2.30. The van der Waals surface area contributed by atoms with Crippen LogP contribution in [-0.4, -0.2) is 24.2 Å². The van der Waals surface area contributed by atoms with Gasteiger partial charge in [-0.1, -0.05) is 0 Å². The van der Waals surface area contributed by atoms with E-state index < -0.39 is 0 Å². The minimum Gasteiger partial charge on any atom is -0.497 e. The molecule has 22 heavy (non-hydrogen) atoms. The number of amides is 2. The first-order valence-electron chi connectivity index (χ1n) is 7.17. The van der Waals surface area contributed by atoms with Gasteiger partial charge in [0, 0.05) is 11.7 Å². The van der Waals surface area contributed by atoms with Crippen LogP contribution in [0.2, 0.25) is 0 Å². The maximum Gasteiger partial charge on any atom is 0.320 e. The van der Waals surface area contributed by atoms with Crippen molar-refractivity contribution in [3.63, 3.8) is 0 Å². The zero-order valence-electron chi connectivity index (χ0n) is 12.3. The van der Waals surface area contributed by atoms with E-state index in [1.807, 2.05) is 30.3 Å². The van der Waals surface area contributed by atoms with Crippen LogP contribution in [0.5, 0.6) is 5.75 Å². The number of hydrogen-bond acceptors (Lipinski definition) is 4. The zero-order valence-corrected chi connectivity index (χ0v) is 12.3. The molecule has 1 fully saturated rings. The average molecular weight is 298 g/mol. The Labute approximate surface area is 128 Å². The lowest BCUT2D eigenvalue weighted by Gasteiger charge is -2.09. The van der Waals surface area contributed by atoms with E-state index in [1.54, 1.807) is 19.4 Å². The quantitative estimate of drug-likeness (QED) is 0.793. The van der Waals surface area contributed by atoms with Crippen molar-refractivity contribution in [2.45, 2.75) is 18.9 Å². The summed E-state index contributed by atoms with van der Waals surface area (Å²) >= 11 is 0. The van der Waals surface area contributed by atoms with E-state index in [4.69, 9.17) is 4.74 Å². The third-order valence-corrected chi connectivity index (χ3v) is 3.30. The third-order valence-electron chi connectivity index (χ3n) is 3.30. The van der Waals surface area contributed by atoms with E-state index in [0.717, 1.165) is 30.0 Å². The molecule has 0 saturated heterocycles. The highest BCUT2D eigenvalue weighted by Gasteiger charge is 2.23. The van der Waals surface area contributed by atoms with E-state index in [-0.39, 0.29) is 6.03 Å². The molecule has 1 aromatic heterocycles. The smallest absolute Gasteiger partial charge is 0.320 e. The molecule has 0 atom stereocenters. The van der Waals surface area contributed by atoms with Gasteiger partial charge in [0.25, 0.3) is 0 Å². The molecule has 6 heteroatoms. The number of methoxy groups -OCH3 is 1. The molecule has 1 aliphatic rings. The fraction of sp³-hybridized carbons (Fsp3) is 0.250. The first-order valence-corrected chi connectivity index (χ1v) is 7.17. The van der Waals surface area contributed by atoms with Gasteiger partial charge in [0.1, 0.15) is 11.6 Å². The summed E-state index contributed by atoms with van der Waals surface area (Å²) in [6.07, 6.45) is 3.80. The van der Waals surface area contributed by atoms with Crippen molar-refractivity contribution in [3.8, 4) is 5.75 Å². The SMILES string of the molecule is COc1ccc(Nc2ccc(NC(=O)NC3CC3)nc2)cc1. The van der Waals surface area contributed by atoms with E-state index in [0.29, 0.717) is 11.9 Å². The van der Waals surface area contributed by atoms with Gasteiger partial charge in [-0.05, 0) is 49.2 Å². The molecule has 0 radical (unpaired) electrons. The summed E-state index contributed by atoms with van der Waals surface area (Å²) in [5, 5.41) is 8.80. The maximum absolute atomic E-state index is 11.6. The monoisotopic (exact) mass is 298 g/mol. The topological polar surface area (TPSA) is 75.3 Å². The van der Waals surface area contributed by atoms with Crippen LogP contribution >= 0.6 is 0 Å². The summed E-state index contributed by atoms with van der Waals surface area (Å²) in [5.74, 6) is 1.34. The number of rotatable bonds is 5. The summed E-state index contributed by atoms with van der Waals surface area (Å²) in [6, 6.07) is 11.4. The van der Waals surface area contributed by atoms with Gasteiger partial charge in [-0.25, -0.2) is 9.78 Å². The molecule has 114 valence electrons. The lowest BCUT2D eigenvalue weighted by atomic mass is 10.3. The van der Waals surface area contributed by atoms with Crippen molar-refractivity contribution in [3.05, 3.63) is 42.6 Å². The second-order valence-electron chi connectivity index (χ2n) is 5.16. The van der Waals surface area contributed by atoms with Crippen LogP contribution in [0.3, 0.4) is 0 Å². The number of carbonyl (C=O) groups excluding carboxylic acids is 1. The van der Waals surface area contributed by atoms with Crippen molar-refractivity contribution in [2.75, 3.05) is 17.7 Å². The largest absolute Gasteiger partial charge is 0.497 e. The zero-order chi connectivity index (χ0) is 15.4. The molecule has 2 amide bonds. The molecule has 0 unspecified atom stereocenters. The van der Waals surface area contributed by atoms with Crippen molar-refractivity contribution in [2.24, 2.45) is 0 Å². The standard InChI is InChI=1S/C16H18N4O2/c1-22-14-7-4-11(5-8-14)18-13-6-9-15(17-10-13)20-16(21)19-12-2-3-12/h4-10,12,18H,2-3H2,1H3,(H2,17,19,20,21). The van der Waals surface area contributed by atoms with E-state index >= 15 is 0 Å². The lowest BCUT2D eigenvalue weighted by molar-refractivity contribution is 0.251. The summed E-state index contributed by atoms with van der Waals surface area (Å²) in [6.45, 7) is 0. The number of carbonyl (C=O) groups is 1. The fourth-order valence-electron chi connectivity index (χ4n) is 1.95. The number of ether oxygens (including phenoxy) is 1. The van der Waals surface area contributed by atoms with Crippen molar-refractivity contribution >= 4 is 23.2 Å². The molecule has 1 heterocycles. The number of hydrogen-bond donors (Lipinski definition) is 3. The maximum atomic E-state index is 11.6. The summed E-state index contributed by atoms with van der Waals surface area (Å²) in [7, 11) is 1.64. The predicted molar refractivity (Wildman–Crippen MR) is 85.7 cm³/mol. The molecule has 1 aromatic carbocycles. The fourth-order valence-corrected chi connectivity index (χ4v) is 1.95. The Morgan fingerprint density at radius 1 is 1.14 bits per heavy atom. The Balaban J connectivity index is 1.56. The first kappa shape index (κ1) is 14.2. The molecule has 6 nitrogen and oxygen atoms in total. The van der Waals surface area contributed by atoms with Crippen LogP contribution in [0.15, 0.2) is 42.6 Å². The molecule has 0 bridgehead atoms. The molecule has 2 aromatic rings. The first-order chi connectivity index (χ1) is 10.7. The van der Waals surface area contributed by atoms with E-state index in [2.05, 4.69) is 20.9 Å². The van der Waals surface area contributed by atoms with E-state index in [9.17, 15) is 4.79 Å². The molecule has 1 aliphatic carbocycles. The van der Waals surface area contributed by atoms with Crippen molar-refractivity contribution < 1.29 is 9.53 Å². The van der Waals surface area contributed by atoms with Gasteiger partial charge in [-0.3, -0.25) is 5.32 Å². The van der Waals surface area contributed by atoms with Crippen LogP contribution < -0.4 is 20.7 Å². The highest BCUT2D eigenvalue weighted by Crippen LogP contribution is 2.21. The number of urea groups is 1. The van der Waals surface area contributed by atoms with Gasteiger partial charge in [0.15, 0.2) is 0 Å². The molecule has 0 spiro atoms. The summed E-state index contributed by atoms with van der Waals surface area (Å²) < 4.78 is 5.12. The average Bonchev–Trinajstić information content (AvgIpc) is 3.34. The number of nitrogens with zero attached hydrogens (tertiary/aromatic N) is 1. The number of benzene rings is 1. The van der Waals surface area contributed by atoms with Gasteiger partial charge in [0.2, 0.25) is 0 Å². The Hall–Kier alpha value is -2.76. The van der Waals surface area contributed by atoms with Gasteiger partial charge in [-0.15, -0.1) is 0 Å². The highest BCUT2D eigenvalue weighted by atomic mass is 16.5. The Morgan fingerprint density at radius 2 is 1.86 bits per heavy atom. The van der Waals surface area contributed by atoms with Crippen LogP contribution in [0.4, 0.5) is 22.0 Å². The number of anilines is 3. The van der Waals surface area contributed by atoms with Gasteiger partial charge in [-0.2, -0.15) is 0 Å². The molecule has 3 N–H and O–H groups in total. The predicted octanol–water partition coefficient (Wildman–Crippen LogP) is 3.12. The number of aromatic nitrogens is 1. The minimum atomic E-state index is -0.203. The minimum absolute atomic E-state index is 0.203. The van der Waals surface area contributed by atoms with E-state index in [1.165, 1.54) is 0 Å². The normalized spacial score (nSPS) is 13.3. The van der Waals surface area contributed by atoms with Gasteiger partial charge < -0.3 is 15.4 Å². The molecule has 0 aliphatic heterocycles. The van der Waals surface area contributed by atoms with Crippen LogP contribution in [0, 0.1) is 0 Å². The second-order valence-corrected chi connectivity index (χ2v) is 5.16. The summed E-state index contributed by atoms with van der Waals surface area (Å²) in [5.41, 5.74) is 1.79. The number of pyridine rings is 1. The third kappa shape index (κ3) is 3.88. The Bertz CT molecular complexity index is 636. The van der Waals surface area contributed by atoms with Crippen molar-refractivity contribution in [1.29, 1.82) is 0 Å². The highest BCUT2D eigenvalue weighted by molar-refractivity contribution is 5.88. The molecule has 3 rings (SSSR count). The van der Waals surface area contributed by atoms with Gasteiger partial charge in [0.05, 0.1) is 19.0 Å². The molecular weight excluding hydrogens is 280 g/mol. The van der Waals surface area contributed by atoms with Crippen LogP contribution in [-0.2, 0) is 0 Å². The van der Waals surface area contributed by atoms with Gasteiger partial charge >= 0.3 is 6.03 Å². The Morgan fingerprint density at radius 3 is 2.45 bits per heavy atom. The number of nitrogens with one attached hydrogen (secondary N) is 3.